The molecule has 204 valence electrons. The smallest absolute Gasteiger partial charge is 0.305 e. The Morgan fingerprint density at radius 2 is 1.61 bits per heavy atom. The summed E-state index contributed by atoms with van der Waals surface area (Å²) in [6.45, 7) is 14.4. The van der Waals surface area contributed by atoms with E-state index < -0.39 is 11.9 Å². The second-order valence-corrected chi connectivity index (χ2v) is 12.3. The maximum absolute atomic E-state index is 13.9. The van der Waals surface area contributed by atoms with Crippen LogP contribution in [0.2, 0.25) is 0 Å². The number of hydrogen-bond donors (Lipinski definition) is 2. The van der Waals surface area contributed by atoms with Gasteiger partial charge in [0.25, 0.3) is 0 Å². The predicted octanol–water partition coefficient (Wildman–Crippen LogP) is 5.68. The van der Waals surface area contributed by atoms with E-state index in [1.807, 2.05) is 17.9 Å². The number of benzene rings is 1. The van der Waals surface area contributed by atoms with E-state index in [0.717, 1.165) is 17.0 Å². The molecule has 1 aliphatic heterocycles. The number of carbonyl (C=O) groups excluding carboxylic acids is 2. The van der Waals surface area contributed by atoms with Crippen LogP contribution in [0.5, 0.6) is 11.5 Å². The normalized spacial score (nSPS) is 20.8. The Kier molecular flexibility index (Phi) is 7.34. The lowest BCUT2D eigenvalue weighted by atomic mass is 9.63. The van der Waals surface area contributed by atoms with Crippen LogP contribution < -0.4 is 4.74 Å². The Bertz CT molecular complexity index is 1210. The minimum absolute atomic E-state index is 0.0259. The predicted molar refractivity (Wildman–Crippen MR) is 145 cm³/mol. The van der Waals surface area contributed by atoms with Crippen LogP contribution in [0.4, 0.5) is 0 Å². The third-order valence-corrected chi connectivity index (χ3v) is 7.74. The summed E-state index contributed by atoms with van der Waals surface area (Å²) in [6.07, 6.45) is 3.88. The van der Waals surface area contributed by atoms with Gasteiger partial charge in [0.1, 0.15) is 0 Å². The summed E-state index contributed by atoms with van der Waals surface area (Å²) in [4.78, 5) is 41.4. The number of phenolic OH excluding ortho intramolecular Hbond substituents is 1. The third kappa shape index (κ3) is 5.16. The average Bonchev–Trinajstić information content (AvgIpc) is 2.78. The van der Waals surface area contributed by atoms with Crippen LogP contribution in [0.25, 0.3) is 0 Å². The van der Waals surface area contributed by atoms with Crippen molar-refractivity contribution in [3.05, 3.63) is 58.5 Å². The molecule has 1 aromatic rings. The van der Waals surface area contributed by atoms with Gasteiger partial charge in [0.2, 0.25) is 0 Å². The first kappa shape index (κ1) is 27.7. The van der Waals surface area contributed by atoms with Gasteiger partial charge in [-0.05, 0) is 48.6 Å². The molecule has 0 saturated heterocycles. The molecule has 2 N–H and O–H groups in total. The van der Waals surface area contributed by atoms with Crippen molar-refractivity contribution < 1.29 is 29.3 Å². The van der Waals surface area contributed by atoms with E-state index >= 15 is 0 Å². The van der Waals surface area contributed by atoms with Gasteiger partial charge in [-0.2, -0.15) is 0 Å². The summed E-state index contributed by atoms with van der Waals surface area (Å²) in [5.74, 6) is -1.23. The molecule has 0 amide bonds. The Labute approximate surface area is 224 Å². The molecular weight excluding hydrogens is 482 g/mol. The van der Waals surface area contributed by atoms with Crippen molar-refractivity contribution in [1.82, 2.24) is 4.90 Å². The highest BCUT2D eigenvalue weighted by Gasteiger charge is 2.49. The molecule has 1 heterocycles. The SMILES string of the molecule is C=CCc1cc(C2C3=C(CC(C)(C)CC3=O)N(CCC(=O)O)C3=C2C(=O)CC(C)(C)C3)cc(OCC)c1O. The van der Waals surface area contributed by atoms with E-state index in [4.69, 9.17) is 4.74 Å². The number of Topliss-reactive ketones (excluding diaryl/α,β-unsaturated/α-hetero) is 2. The van der Waals surface area contributed by atoms with E-state index in [9.17, 15) is 24.6 Å². The van der Waals surface area contributed by atoms with Gasteiger partial charge < -0.3 is 19.8 Å². The van der Waals surface area contributed by atoms with Crippen molar-refractivity contribution in [1.29, 1.82) is 0 Å². The van der Waals surface area contributed by atoms with Gasteiger partial charge in [-0.1, -0.05) is 39.8 Å². The van der Waals surface area contributed by atoms with Crippen molar-refractivity contribution >= 4 is 17.5 Å². The van der Waals surface area contributed by atoms with Crippen molar-refractivity contribution in [2.45, 2.75) is 79.1 Å². The van der Waals surface area contributed by atoms with E-state index in [0.29, 0.717) is 61.2 Å². The van der Waals surface area contributed by atoms with Gasteiger partial charge in [0.15, 0.2) is 23.1 Å². The fourth-order valence-electron chi connectivity index (χ4n) is 6.29. The van der Waals surface area contributed by atoms with Gasteiger partial charge in [-0.15, -0.1) is 6.58 Å². The van der Waals surface area contributed by atoms with Crippen molar-refractivity contribution in [3.63, 3.8) is 0 Å². The Balaban J connectivity index is 2.03. The lowest BCUT2D eigenvalue weighted by Gasteiger charge is -2.49. The zero-order valence-corrected chi connectivity index (χ0v) is 23.1. The summed E-state index contributed by atoms with van der Waals surface area (Å²) in [5.41, 5.74) is 3.52. The number of ether oxygens (including phenoxy) is 1. The molecule has 0 radical (unpaired) electrons. The van der Waals surface area contributed by atoms with Crippen molar-refractivity contribution in [2.24, 2.45) is 10.8 Å². The summed E-state index contributed by atoms with van der Waals surface area (Å²) in [6, 6.07) is 3.60. The van der Waals surface area contributed by atoms with Crippen molar-refractivity contribution in [3.8, 4) is 11.5 Å². The van der Waals surface area contributed by atoms with Crippen LogP contribution in [0.1, 0.15) is 83.8 Å². The molecule has 0 fully saturated rings. The van der Waals surface area contributed by atoms with Crippen molar-refractivity contribution in [2.75, 3.05) is 13.2 Å². The van der Waals surface area contributed by atoms with E-state index in [2.05, 4.69) is 34.3 Å². The molecule has 7 heteroatoms. The number of nitrogens with zero attached hydrogens (tertiary/aromatic N) is 1. The van der Waals surface area contributed by atoms with Gasteiger partial charge in [0.05, 0.1) is 13.0 Å². The second-order valence-electron chi connectivity index (χ2n) is 12.3. The molecule has 0 unspecified atom stereocenters. The lowest BCUT2D eigenvalue weighted by molar-refractivity contribution is -0.137. The third-order valence-electron chi connectivity index (χ3n) is 7.74. The van der Waals surface area contributed by atoms with Gasteiger partial charge in [-0.25, -0.2) is 0 Å². The largest absolute Gasteiger partial charge is 0.504 e. The van der Waals surface area contributed by atoms with Gasteiger partial charge in [0, 0.05) is 53.4 Å². The zero-order chi connectivity index (χ0) is 28.0. The zero-order valence-electron chi connectivity index (χ0n) is 23.1. The number of allylic oxidation sites excluding steroid dienone is 5. The summed E-state index contributed by atoms with van der Waals surface area (Å²) < 4.78 is 5.77. The number of aliphatic carboxylic acids is 1. The lowest BCUT2D eigenvalue weighted by Crippen LogP contribution is -2.45. The Hall–Kier alpha value is -3.35. The minimum atomic E-state index is -0.923. The highest BCUT2D eigenvalue weighted by molar-refractivity contribution is 6.07. The number of carbonyl (C=O) groups is 3. The summed E-state index contributed by atoms with van der Waals surface area (Å²) in [5, 5.41) is 20.4. The maximum Gasteiger partial charge on any atom is 0.305 e. The molecular formula is C31H39NO6. The Morgan fingerprint density at radius 3 is 2.08 bits per heavy atom. The van der Waals surface area contributed by atoms with Crippen LogP contribution in [-0.4, -0.2) is 45.8 Å². The number of aromatic hydroxyl groups is 1. The van der Waals surface area contributed by atoms with Crippen LogP contribution in [-0.2, 0) is 20.8 Å². The van der Waals surface area contributed by atoms with E-state index in [1.165, 1.54) is 0 Å². The molecule has 2 aliphatic carbocycles. The van der Waals surface area contributed by atoms with E-state index in [-0.39, 0.29) is 41.1 Å². The molecule has 1 aromatic carbocycles. The average molecular weight is 522 g/mol. The number of carboxylic acids is 1. The molecule has 3 aliphatic rings. The second kappa shape index (κ2) is 10.1. The van der Waals surface area contributed by atoms with Crippen LogP contribution in [0.15, 0.2) is 47.3 Å². The standard InChI is InChI=1S/C31H39NO6/c1-7-9-18-12-19(13-24(29(18)37)38-8-2)26-27-20(14-30(3,4)16-22(27)33)32(11-10-25(35)36)21-15-31(5,6)17-23(34)28(21)26/h7,12-13,26,37H,1,8-11,14-17H2,2-6H3,(H,35,36). The number of hydrogen-bond acceptors (Lipinski definition) is 6. The number of ketones is 2. The first-order valence-electron chi connectivity index (χ1n) is 13.4. The fourth-order valence-corrected chi connectivity index (χ4v) is 6.29. The van der Waals surface area contributed by atoms with Gasteiger partial charge in [-0.3, -0.25) is 14.4 Å². The topological polar surface area (TPSA) is 104 Å². The first-order chi connectivity index (χ1) is 17.8. The highest BCUT2D eigenvalue weighted by atomic mass is 16.5. The van der Waals surface area contributed by atoms with Gasteiger partial charge >= 0.3 is 5.97 Å². The maximum atomic E-state index is 13.9. The molecule has 38 heavy (non-hydrogen) atoms. The molecule has 0 bridgehead atoms. The molecule has 0 atom stereocenters. The first-order valence-corrected chi connectivity index (χ1v) is 13.4. The molecule has 0 spiro atoms. The fraction of sp³-hybridized carbons (Fsp3) is 0.516. The Morgan fingerprint density at radius 1 is 1.05 bits per heavy atom. The minimum Gasteiger partial charge on any atom is -0.504 e. The molecule has 4 rings (SSSR count). The molecule has 7 nitrogen and oxygen atoms in total. The molecule has 0 aromatic heterocycles. The number of rotatable bonds is 8. The number of carboxylic acid groups (broad SMARTS) is 1. The highest BCUT2D eigenvalue weighted by Crippen LogP contribution is 2.55. The summed E-state index contributed by atoms with van der Waals surface area (Å²) >= 11 is 0. The van der Waals surface area contributed by atoms with Crippen LogP contribution >= 0.6 is 0 Å². The number of phenols is 1. The summed E-state index contributed by atoms with van der Waals surface area (Å²) in [7, 11) is 0. The van der Waals surface area contributed by atoms with Crippen LogP contribution in [0.3, 0.4) is 0 Å². The molecule has 0 saturated carbocycles. The van der Waals surface area contributed by atoms with E-state index in [1.54, 1.807) is 12.1 Å². The quantitative estimate of drug-likeness (QED) is 0.424. The monoisotopic (exact) mass is 521 g/mol. The van der Waals surface area contributed by atoms with Crippen LogP contribution in [0, 0.1) is 10.8 Å².